The lowest BCUT2D eigenvalue weighted by Gasteiger charge is -2.19. The van der Waals surface area contributed by atoms with Crippen LogP contribution in [0.3, 0.4) is 0 Å². The monoisotopic (exact) mass is 498 g/mol. The van der Waals surface area contributed by atoms with Crippen LogP contribution in [0, 0.1) is 5.82 Å². The lowest BCUT2D eigenvalue weighted by Crippen LogP contribution is -2.19. The Morgan fingerprint density at radius 1 is 1.09 bits per heavy atom. The maximum atomic E-state index is 13.6. The molecule has 1 N–H and O–H groups in total. The van der Waals surface area contributed by atoms with Gasteiger partial charge in [-0.1, -0.05) is 56.3 Å². The zero-order chi connectivity index (χ0) is 25.4. The zero-order valence-electron chi connectivity index (χ0n) is 20.1. The van der Waals surface area contributed by atoms with Gasteiger partial charge in [-0.3, -0.25) is 9.78 Å². The van der Waals surface area contributed by atoms with Crippen molar-refractivity contribution in [1.82, 2.24) is 4.98 Å². The smallest absolute Gasteiger partial charge is 0.465 e. The van der Waals surface area contributed by atoms with Gasteiger partial charge in [0.05, 0.1) is 25.8 Å². The summed E-state index contributed by atoms with van der Waals surface area (Å²) in [6.45, 7) is 4.19. The van der Waals surface area contributed by atoms with E-state index in [1.807, 2.05) is 50.2 Å². The van der Waals surface area contributed by atoms with Crippen molar-refractivity contribution in [3.8, 4) is 22.4 Å². The molecule has 6 nitrogen and oxygen atoms in total. The molecule has 0 spiro atoms. The summed E-state index contributed by atoms with van der Waals surface area (Å²) in [5.41, 5.74) is 5.31. The Kier molecular flexibility index (Phi) is 9.61. The minimum atomic E-state index is -2.01. The second kappa shape index (κ2) is 12.6. The highest BCUT2D eigenvalue weighted by Gasteiger charge is 2.25. The first-order chi connectivity index (χ1) is 16.8. The minimum Gasteiger partial charge on any atom is -0.465 e. The molecule has 1 aromatic heterocycles. The predicted molar refractivity (Wildman–Crippen MR) is 134 cm³/mol. The van der Waals surface area contributed by atoms with E-state index in [1.54, 1.807) is 12.1 Å². The fourth-order valence-corrected chi connectivity index (χ4v) is 4.43. The number of benzene rings is 2. The number of rotatable bonds is 11. The van der Waals surface area contributed by atoms with Crippen LogP contribution in [0.5, 0.6) is 0 Å². The molecule has 35 heavy (non-hydrogen) atoms. The number of carbonyl (C=O) groups excluding carboxylic acids is 1. The quantitative estimate of drug-likeness (QED) is 0.262. The van der Waals surface area contributed by atoms with Crippen molar-refractivity contribution in [3.63, 3.8) is 0 Å². The SMILES string of the molecule is CO[P+](=O)CC(O)CC(=O)OCCc1c(-c2ccc(F)cc2)cc(-c2ccccc2)nc1C(C)C. The Morgan fingerprint density at radius 3 is 2.40 bits per heavy atom. The predicted octanol–water partition coefficient (Wildman–Crippen LogP) is 5.90. The third-order valence-corrected chi connectivity index (χ3v) is 6.64. The molecule has 0 fully saturated rings. The molecule has 8 heteroatoms. The molecule has 0 aliphatic heterocycles. The molecule has 3 aromatic rings. The Bertz CT molecular complexity index is 1150. The Labute approximate surface area is 206 Å². The van der Waals surface area contributed by atoms with E-state index in [0.717, 1.165) is 33.6 Å². The summed E-state index contributed by atoms with van der Waals surface area (Å²) in [6, 6.07) is 18.1. The molecule has 2 aromatic carbocycles. The van der Waals surface area contributed by atoms with Gasteiger partial charge in [-0.05, 0) is 45.4 Å². The van der Waals surface area contributed by atoms with Crippen LogP contribution in [-0.4, -0.2) is 42.0 Å². The number of aromatic nitrogens is 1. The first-order valence-electron chi connectivity index (χ1n) is 11.5. The molecule has 0 aliphatic rings. The summed E-state index contributed by atoms with van der Waals surface area (Å²) in [4.78, 5) is 17.1. The number of pyridine rings is 1. The molecule has 2 unspecified atom stereocenters. The van der Waals surface area contributed by atoms with Gasteiger partial charge in [0.15, 0.2) is 0 Å². The van der Waals surface area contributed by atoms with Crippen LogP contribution in [0.25, 0.3) is 22.4 Å². The van der Waals surface area contributed by atoms with Crippen LogP contribution in [0.4, 0.5) is 4.39 Å². The first-order valence-corrected chi connectivity index (χ1v) is 12.8. The topological polar surface area (TPSA) is 85.7 Å². The van der Waals surface area contributed by atoms with Gasteiger partial charge in [-0.15, -0.1) is 4.52 Å². The van der Waals surface area contributed by atoms with Crippen LogP contribution in [0.15, 0.2) is 60.7 Å². The molecular formula is C27H30FNO5P+. The maximum absolute atomic E-state index is 13.6. The molecule has 0 saturated carbocycles. The summed E-state index contributed by atoms with van der Waals surface area (Å²) in [5.74, 6) is -0.810. The normalized spacial score (nSPS) is 12.5. The summed E-state index contributed by atoms with van der Waals surface area (Å²) >= 11 is 0. The van der Waals surface area contributed by atoms with Crippen molar-refractivity contribution < 1.29 is 28.1 Å². The Balaban J connectivity index is 1.88. The molecule has 0 aliphatic carbocycles. The number of carbonyl (C=O) groups is 1. The number of aliphatic hydroxyl groups excluding tert-OH is 1. The van der Waals surface area contributed by atoms with E-state index in [4.69, 9.17) is 9.72 Å². The fraction of sp³-hybridized carbons (Fsp3) is 0.333. The largest absolute Gasteiger partial charge is 0.510 e. The van der Waals surface area contributed by atoms with Crippen molar-refractivity contribution in [2.45, 2.75) is 38.7 Å². The van der Waals surface area contributed by atoms with Gasteiger partial charge in [0.2, 0.25) is 6.16 Å². The number of esters is 1. The third-order valence-electron chi connectivity index (χ3n) is 5.51. The zero-order valence-corrected chi connectivity index (χ0v) is 21.0. The van der Waals surface area contributed by atoms with Crippen molar-refractivity contribution >= 4 is 14.0 Å². The summed E-state index contributed by atoms with van der Waals surface area (Å²) in [5, 5.41) is 9.90. The Morgan fingerprint density at radius 2 is 1.77 bits per heavy atom. The van der Waals surface area contributed by atoms with Gasteiger partial charge >= 0.3 is 14.0 Å². The van der Waals surface area contributed by atoms with E-state index in [1.165, 1.54) is 19.2 Å². The molecule has 3 rings (SSSR count). The summed E-state index contributed by atoms with van der Waals surface area (Å²) < 4.78 is 35.1. The molecule has 0 bridgehead atoms. The third kappa shape index (κ3) is 7.49. The highest BCUT2D eigenvalue weighted by molar-refractivity contribution is 7.39. The molecule has 1 heterocycles. The van der Waals surface area contributed by atoms with Gasteiger partial charge in [0.25, 0.3) is 0 Å². The molecule has 0 saturated heterocycles. The standard InChI is InChI=1S/C27H30FNO5P/c1-18(2)27-23(13-14-34-26(31)15-22(30)17-35(32)33-3)24(19-9-11-21(28)12-10-19)16-25(29-27)20-7-5-4-6-8-20/h4-12,16,18,22,30H,13-15,17H2,1-3H3/q+1. The molecule has 2 atom stereocenters. The van der Waals surface area contributed by atoms with Crippen molar-refractivity contribution in [1.29, 1.82) is 0 Å². The van der Waals surface area contributed by atoms with Crippen molar-refractivity contribution in [2.24, 2.45) is 0 Å². The number of aliphatic hydroxyl groups is 1. The minimum absolute atomic E-state index is 0.0856. The highest BCUT2D eigenvalue weighted by Crippen LogP contribution is 2.34. The van der Waals surface area contributed by atoms with E-state index in [0.29, 0.717) is 6.42 Å². The van der Waals surface area contributed by atoms with Gasteiger partial charge in [0.1, 0.15) is 11.9 Å². The van der Waals surface area contributed by atoms with Gasteiger partial charge in [-0.2, -0.15) is 0 Å². The molecule has 184 valence electrons. The molecule has 0 radical (unpaired) electrons. The van der Waals surface area contributed by atoms with Crippen LogP contribution in [-0.2, 0) is 25.0 Å². The van der Waals surface area contributed by atoms with E-state index < -0.39 is 20.1 Å². The number of nitrogens with zero attached hydrogens (tertiary/aromatic N) is 1. The lowest BCUT2D eigenvalue weighted by molar-refractivity contribution is -0.145. The fourth-order valence-electron chi connectivity index (χ4n) is 3.80. The summed E-state index contributed by atoms with van der Waals surface area (Å²) in [6.07, 6.45) is -1.09. The van der Waals surface area contributed by atoms with Crippen molar-refractivity contribution in [2.75, 3.05) is 19.9 Å². The van der Waals surface area contributed by atoms with E-state index >= 15 is 0 Å². The Hall–Kier alpha value is -2.99. The van der Waals surface area contributed by atoms with E-state index in [9.17, 15) is 18.9 Å². The van der Waals surface area contributed by atoms with Gasteiger partial charge in [-0.25, -0.2) is 4.39 Å². The summed E-state index contributed by atoms with van der Waals surface area (Å²) in [7, 11) is -0.723. The number of ether oxygens (including phenoxy) is 1. The second-order valence-corrected chi connectivity index (χ2v) is 9.87. The second-order valence-electron chi connectivity index (χ2n) is 8.47. The maximum Gasteiger partial charge on any atom is 0.510 e. The average molecular weight is 499 g/mol. The van der Waals surface area contributed by atoms with E-state index in [2.05, 4.69) is 4.52 Å². The van der Waals surface area contributed by atoms with Crippen LogP contribution >= 0.6 is 8.03 Å². The molecule has 0 amide bonds. The average Bonchev–Trinajstić information content (AvgIpc) is 2.84. The van der Waals surface area contributed by atoms with Crippen LogP contribution in [0.2, 0.25) is 0 Å². The number of halogens is 1. The van der Waals surface area contributed by atoms with E-state index in [-0.39, 0.29) is 30.9 Å². The van der Waals surface area contributed by atoms with Crippen LogP contribution in [0.1, 0.15) is 37.4 Å². The van der Waals surface area contributed by atoms with Crippen LogP contribution < -0.4 is 0 Å². The number of hydrogen-bond donors (Lipinski definition) is 1. The van der Waals surface area contributed by atoms with Gasteiger partial charge < -0.3 is 9.84 Å². The molecular weight excluding hydrogens is 468 g/mol. The van der Waals surface area contributed by atoms with Gasteiger partial charge in [0, 0.05) is 17.7 Å². The first kappa shape index (κ1) is 26.6. The highest BCUT2D eigenvalue weighted by atomic mass is 31.1. The number of hydrogen-bond acceptors (Lipinski definition) is 6. The lowest BCUT2D eigenvalue weighted by atomic mass is 9.91. The van der Waals surface area contributed by atoms with Crippen molar-refractivity contribution in [3.05, 3.63) is 77.7 Å².